The molecule has 3 aromatic rings. The van der Waals surface area contributed by atoms with Gasteiger partial charge in [0.2, 0.25) is 5.91 Å². The van der Waals surface area contributed by atoms with Crippen molar-refractivity contribution in [1.82, 2.24) is 4.90 Å². The highest BCUT2D eigenvalue weighted by atomic mass is 32.1. The Hall–Kier alpha value is -4.04. The summed E-state index contributed by atoms with van der Waals surface area (Å²) in [5.74, 6) is -1.01. The molecule has 1 N–H and O–H groups in total. The van der Waals surface area contributed by atoms with Crippen LogP contribution in [0.2, 0.25) is 0 Å². The molecule has 1 fully saturated rings. The lowest BCUT2D eigenvalue weighted by atomic mass is 10.1. The van der Waals surface area contributed by atoms with Gasteiger partial charge in [-0.15, -0.1) is 0 Å². The number of esters is 1. The molecule has 4 rings (SSSR count). The minimum absolute atomic E-state index is 0.0597. The van der Waals surface area contributed by atoms with Crippen LogP contribution < -0.4 is 10.2 Å². The standard InChI is InChI=1S/C27H25N3O4S/c1-34-26(33)20-12-14-21(15-13-20)28-24(31)18-23-25(32)30(22-10-6-3-7-11-22)27(35)29(23)17-16-19-8-4-2-5-9-19/h2-15,23H,16-18H2,1H3,(H,28,31)/t23-/m1/s1. The summed E-state index contributed by atoms with van der Waals surface area (Å²) in [6, 6.07) is 24.8. The Kier molecular flexibility index (Phi) is 7.52. The second-order valence-electron chi connectivity index (χ2n) is 8.06. The lowest BCUT2D eigenvalue weighted by Crippen LogP contribution is -2.39. The van der Waals surface area contributed by atoms with Crippen molar-refractivity contribution in [2.45, 2.75) is 18.9 Å². The number of hydrogen-bond acceptors (Lipinski definition) is 5. The van der Waals surface area contributed by atoms with Crippen LogP contribution in [0.15, 0.2) is 84.9 Å². The van der Waals surface area contributed by atoms with Crippen LogP contribution in [-0.4, -0.2) is 47.5 Å². The highest BCUT2D eigenvalue weighted by Gasteiger charge is 2.43. The Morgan fingerprint density at radius 1 is 0.943 bits per heavy atom. The molecule has 35 heavy (non-hydrogen) atoms. The lowest BCUT2D eigenvalue weighted by Gasteiger charge is -2.24. The van der Waals surface area contributed by atoms with Gasteiger partial charge in [-0.3, -0.25) is 14.5 Å². The van der Waals surface area contributed by atoms with E-state index < -0.39 is 12.0 Å². The summed E-state index contributed by atoms with van der Waals surface area (Å²) in [5.41, 5.74) is 2.70. The van der Waals surface area contributed by atoms with Crippen LogP contribution >= 0.6 is 12.2 Å². The van der Waals surface area contributed by atoms with Crippen LogP contribution in [0.1, 0.15) is 22.3 Å². The van der Waals surface area contributed by atoms with E-state index in [0.717, 1.165) is 5.56 Å². The Morgan fingerprint density at radius 3 is 2.20 bits per heavy atom. The molecule has 8 heteroatoms. The van der Waals surface area contributed by atoms with Crippen molar-refractivity contribution in [3.05, 3.63) is 96.1 Å². The summed E-state index contributed by atoms with van der Waals surface area (Å²) in [6.07, 6.45) is 0.625. The fraction of sp³-hybridized carbons (Fsp3) is 0.185. The number of carbonyl (C=O) groups is 3. The smallest absolute Gasteiger partial charge is 0.337 e. The molecule has 0 unspecified atom stereocenters. The lowest BCUT2D eigenvalue weighted by molar-refractivity contribution is -0.124. The number of nitrogens with zero attached hydrogens (tertiary/aromatic N) is 2. The van der Waals surface area contributed by atoms with Gasteiger partial charge < -0.3 is 15.0 Å². The van der Waals surface area contributed by atoms with Crippen molar-refractivity contribution >= 4 is 46.5 Å². The summed E-state index contributed by atoms with van der Waals surface area (Å²) in [6.45, 7) is 0.504. The molecule has 2 amide bonds. The van der Waals surface area contributed by atoms with Crippen LogP contribution in [0.3, 0.4) is 0 Å². The first kappa shape index (κ1) is 24.1. The quantitative estimate of drug-likeness (QED) is 0.382. The van der Waals surface area contributed by atoms with Crippen LogP contribution in [0.25, 0.3) is 0 Å². The fourth-order valence-electron chi connectivity index (χ4n) is 3.99. The van der Waals surface area contributed by atoms with Gasteiger partial charge in [-0.25, -0.2) is 4.79 Å². The molecule has 0 spiro atoms. The third-order valence-corrected chi connectivity index (χ3v) is 6.20. The molecule has 1 saturated heterocycles. The van der Waals surface area contributed by atoms with E-state index in [1.807, 2.05) is 65.6 Å². The maximum atomic E-state index is 13.4. The van der Waals surface area contributed by atoms with E-state index in [9.17, 15) is 14.4 Å². The van der Waals surface area contributed by atoms with Crippen molar-refractivity contribution < 1.29 is 19.1 Å². The maximum absolute atomic E-state index is 13.4. The molecule has 0 aliphatic carbocycles. The minimum Gasteiger partial charge on any atom is -0.465 e. The summed E-state index contributed by atoms with van der Waals surface area (Å²) >= 11 is 5.70. The number of ether oxygens (including phenoxy) is 1. The van der Waals surface area contributed by atoms with Crippen molar-refractivity contribution in [3.63, 3.8) is 0 Å². The number of nitrogens with one attached hydrogen (secondary N) is 1. The summed E-state index contributed by atoms with van der Waals surface area (Å²) in [7, 11) is 1.31. The Morgan fingerprint density at radius 2 is 1.57 bits per heavy atom. The van der Waals surface area contributed by atoms with E-state index in [4.69, 9.17) is 17.0 Å². The molecule has 7 nitrogen and oxygen atoms in total. The summed E-state index contributed by atoms with van der Waals surface area (Å²) < 4.78 is 4.69. The topological polar surface area (TPSA) is 78.9 Å². The van der Waals surface area contributed by atoms with Crippen molar-refractivity contribution in [2.24, 2.45) is 0 Å². The zero-order valence-corrected chi connectivity index (χ0v) is 20.0. The van der Waals surface area contributed by atoms with E-state index >= 15 is 0 Å². The average molecular weight is 488 g/mol. The molecular weight excluding hydrogens is 462 g/mol. The van der Waals surface area contributed by atoms with E-state index in [-0.39, 0.29) is 18.2 Å². The van der Waals surface area contributed by atoms with Crippen LogP contribution in [0, 0.1) is 0 Å². The number of amides is 2. The van der Waals surface area contributed by atoms with Crippen molar-refractivity contribution in [2.75, 3.05) is 23.9 Å². The number of carbonyl (C=O) groups excluding carboxylic acids is 3. The molecule has 1 atom stereocenters. The predicted molar refractivity (Wildman–Crippen MR) is 138 cm³/mol. The molecule has 1 heterocycles. The first-order chi connectivity index (χ1) is 17.0. The molecule has 0 bridgehead atoms. The largest absolute Gasteiger partial charge is 0.465 e. The molecule has 0 saturated carbocycles. The van der Waals surface area contributed by atoms with Crippen LogP contribution in [-0.2, 0) is 20.7 Å². The first-order valence-electron chi connectivity index (χ1n) is 11.2. The predicted octanol–water partition coefficient (Wildman–Crippen LogP) is 4.05. The monoisotopic (exact) mass is 487 g/mol. The van der Waals surface area contributed by atoms with Gasteiger partial charge >= 0.3 is 5.97 Å². The van der Waals surface area contributed by atoms with E-state index in [0.29, 0.717) is 35.0 Å². The Bertz CT molecular complexity index is 1220. The number of thiocarbonyl (C=S) groups is 1. The van der Waals surface area contributed by atoms with Crippen LogP contribution in [0.4, 0.5) is 11.4 Å². The van der Waals surface area contributed by atoms with Gasteiger partial charge in [0, 0.05) is 12.2 Å². The minimum atomic E-state index is -0.722. The van der Waals surface area contributed by atoms with Crippen LogP contribution in [0.5, 0.6) is 0 Å². The number of methoxy groups -OCH3 is 1. The van der Waals surface area contributed by atoms with Gasteiger partial charge in [0.1, 0.15) is 6.04 Å². The van der Waals surface area contributed by atoms with E-state index in [2.05, 4.69) is 5.32 Å². The third kappa shape index (κ3) is 5.55. The highest BCUT2D eigenvalue weighted by Crippen LogP contribution is 2.27. The number of rotatable bonds is 8. The Balaban J connectivity index is 1.51. The zero-order chi connectivity index (χ0) is 24.8. The number of anilines is 2. The Labute approximate surface area is 209 Å². The van der Waals surface area contributed by atoms with Gasteiger partial charge in [-0.2, -0.15) is 0 Å². The number of para-hydroxylation sites is 1. The highest BCUT2D eigenvalue weighted by molar-refractivity contribution is 7.80. The number of hydrogen-bond donors (Lipinski definition) is 1. The molecule has 1 aliphatic heterocycles. The van der Waals surface area contributed by atoms with E-state index in [1.165, 1.54) is 12.0 Å². The molecule has 1 aliphatic rings. The molecule has 3 aromatic carbocycles. The summed E-state index contributed by atoms with van der Waals surface area (Å²) in [4.78, 5) is 41.3. The third-order valence-electron chi connectivity index (χ3n) is 5.79. The van der Waals surface area contributed by atoms with Gasteiger partial charge in [-0.1, -0.05) is 48.5 Å². The van der Waals surface area contributed by atoms with Gasteiger partial charge in [0.05, 0.1) is 24.8 Å². The maximum Gasteiger partial charge on any atom is 0.337 e. The summed E-state index contributed by atoms with van der Waals surface area (Å²) in [5, 5.41) is 3.19. The van der Waals surface area contributed by atoms with Crippen molar-refractivity contribution in [3.8, 4) is 0 Å². The number of benzene rings is 3. The SMILES string of the molecule is COC(=O)c1ccc(NC(=O)C[C@@H]2C(=O)N(c3ccccc3)C(=S)N2CCc2ccccc2)cc1. The normalized spacial score (nSPS) is 15.3. The van der Waals surface area contributed by atoms with Gasteiger partial charge in [-0.05, 0) is 60.6 Å². The fourth-order valence-corrected chi connectivity index (χ4v) is 4.41. The zero-order valence-electron chi connectivity index (χ0n) is 19.2. The second-order valence-corrected chi connectivity index (χ2v) is 8.42. The van der Waals surface area contributed by atoms with Crippen molar-refractivity contribution in [1.29, 1.82) is 0 Å². The molecule has 178 valence electrons. The van der Waals surface area contributed by atoms with Gasteiger partial charge in [0.25, 0.3) is 5.91 Å². The molecule has 0 aromatic heterocycles. The molecule has 0 radical (unpaired) electrons. The van der Waals surface area contributed by atoms with Gasteiger partial charge in [0.15, 0.2) is 5.11 Å². The first-order valence-corrected chi connectivity index (χ1v) is 11.6. The van der Waals surface area contributed by atoms with E-state index in [1.54, 1.807) is 24.3 Å². The molecular formula is C27H25N3O4S. The second kappa shape index (κ2) is 10.9. The average Bonchev–Trinajstić information content (AvgIpc) is 3.12.